The summed E-state index contributed by atoms with van der Waals surface area (Å²) >= 11 is 0. The summed E-state index contributed by atoms with van der Waals surface area (Å²) in [6.45, 7) is 0.966. The van der Waals surface area contributed by atoms with E-state index in [-0.39, 0.29) is 30.7 Å². The van der Waals surface area contributed by atoms with Gasteiger partial charge in [0, 0.05) is 38.4 Å². The summed E-state index contributed by atoms with van der Waals surface area (Å²) in [5, 5.41) is 5.54. The van der Waals surface area contributed by atoms with Crippen molar-refractivity contribution in [3.05, 3.63) is 48.0 Å². The van der Waals surface area contributed by atoms with Gasteiger partial charge in [0.05, 0.1) is 38.0 Å². The number of hydrogen-bond acceptors (Lipinski definition) is 6. The number of para-hydroxylation sites is 1. The molecule has 1 fully saturated rings. The number of amides is 3. The molecule has 0 aromatic heterocycles. The quantitative estimate of drug-likeness (QED) is 0.577. The summed E-state index contributed by atoms with van der Waals surface area (Å²) in [5.41, 5.74) is 1.36. The van der Waals surface area contributed by atoms with Gasteiger partial charge in [-0.05, 0) is 24.3 Å². The number of benzene rings is 2. The predicted octanol–water partition coefficient (Wildman–Crippen LogP) is 2.07. The summed E-state index contributed by atoms with van der Waals surface area (Å²) < 4.78 is 15.5. The Hall–Kier alpha value is -3.59. The number of methoxy groups -OCH3 is 3. The second kappa shape index (κ2) is 10.6. The normalized spacial score (nSPS) is 15.4. The lowest BCUT2D eigenvalue weighted by atomic mass is 10.1. The van der Waals surface area contributed by atoms with Crippen molar-refractivity contribution in [2.75, 3.05) is 51.2 Å². The minimum atomic E-state index is -0.555. The van der Waals surface area contributed by atoms with Crippen LogP contribution in [0.25, 0.3) is 0 Å². The van der Waals surface area contributed by atoms with Crippen molar-refractivity contribution in [2.45, 2.75) is 6.42 Å². The molecule has 0 spiro atoms. The fourth-order valence-corrected chi connectivity index (χ4v) is 3.51. The maximum atomic E-state index is 12.9. The van der Waals surface area contributed by atoms with Gasteiger partial charge in [-0.25, -0.2) is 0 Å². The van der Waals surface area contributed by atoms with Crippen LogP contribution in [0.5, 0.6) is 11.5 Å². The summed E-state index contributed by atoms with van der Waals surface area (Å²) in [4.78, 5) is 39.5. The Kier molecular flexibility index (Phi) is 7.67. The average Bonchev–Trinajstić information content (AvgIpc) is 3.20. The van der Waals surface area contributed by atoms with E-state index in [0.717, 1.165) is 0 Å². The zero-order chi connectivity index (χ0) is 23.1. The molecule has 1 aliphatic rings. The molecule has 9 heteroatoms. The summed E-state index contributed by atoms with van der Waals surface area (Å²) in [6.07, 6.45) is 0.0718. The van der Waals surface area contributed by atoms with E-state index in [1.165, 1.54) is 14.2 Å². The largest absolute Gasteiger partial charge is 0.493 e. The third kappa shape index (κ3) is 5.17. The number of nitrogens with zero attached hydrogens (tertiary/aromatic N) is 1. The maximum Gasteiger partial charge on any atom is 0.253 e. The molecule has 3 rings (SSSR count). The number of carbonyl (C=O) groups is 3. The van der Waals surface area contributed by atoms with Gasteiger partial charge in [-0.1, -0.05) is 12.1 Å². The summed E-state index contributed by atoms with van der Waals surface area (Å²) in [6, 6.07) is 11.9. The van der Waals surface area contributed by atoms with Crippen LogP contribution in [0.15, 0.2) is 42.5 Å². The van der Waals surface area contributed by atoms with Gasteiger partial charge in [0.25, 0.3) is 5.91 Å². The topological polar surface area (TPSA) is 106 Å². The number of nitrogens with one attached hydrogen (secondary N) is 2. The molecule has 1 aliphatic heterocycles. The molecule has 2 aromatic carbocycles. The van der Waals surface area contributed by atoms with Crippen molar-refractivity contribution in [3.8, 4) is 11.5 Å². The van der Waals surface area contributed by atoms with Gasteiger partial charge in [0.15, 0.2) is 11.5 Å². The van der Waals surface area contributed by atoms with Crippen molar-refractivity contribution in [1.29, 1.82) is 0 Å². The zero-order valence-corrected chi connectivity index (χ0v) is 18.3. The minimum Gasteiger partial charge on any atom is -0.493 e. The molecular weight excluding hydrogens is 414 g/mol. The molecule has 0 saturated carbocycles. The fourth-order valence-electron chi connectivity index (χ4n) is 3.51. The van der Waals surface area contributed by atoms with Gasteiger partial charge < -0.3 is 29.7 Å². The molecule has 0 radical (unpaired) electrons. The molecular formula is C23H27N3O6. The first-order valence-electron chi connectivity index (χ1n) is 10.2. The molecule has 1 atom stereocenters. The van der Waals surface area contributed by atoms with E-state index < -0.39 is 5.92 Å². The minimum absolute atomic E-state index is 0.0718. The SMILES string of the molecule is COCCNC(=O)c1ccccc1NC(=O)C1CC(=O)N(c2ccc(OC)c(OC)c2)C1. The molecule has 170 valence electrons. The Morgan fingerprint density at radius 3 is 2.53 bits per heavy atom. The highest BCUT2D eigenvalue weighted by Crippen LogP contribution is 2.34. The van der Waals surface area contributed by atoms with E-state index in [1.54, 1.807) is 54.5 Å². The van der Waals surface area contributed by atoms with Gasteiger partial charge in [-0.15, -0.1) is 0 Å². The Labute approximate surface area is 186 Å². The van der Waals surface area contributed by atoms with Crippen LogP contribution in [0.3, 0.4) is 0 Å². The van der Waals surface area contributed by atoms with Crippen LogP contribution in [0.1, 0.15) is 16.8 Å². The zero-order valence-electron chi connectivity index (χ0n) is 18.3. The van der Waals surface area contributed by atoms with E-state index >= 15 is 0 Å². The number of anilines is 2. The van der Waals surface area contributed by atoms with E-state index in [4.69, 9.17) is 14.2 Å². The van der Waals surface area contributed by atoms with Gasteiger partial charge >= 0.3 is 0 Å². The van der Waals surface area contributed by atoms with Crippen LogP contribution in [0.4, 0.5) is 11.4 Å². The Balaban J connectivity index is 1.70. The van der Waals surface area contributed by atoms with Crippen molar-refractivity contribution in [2.24, 2.45) is 5.92 Å². The molecule has 2 N–H and O–H groups in total. The number of hydrogen-bond donors (Lipinski definition) is 2. The molecule has 0 aliphatic carbocycles. The molecule has 1 saturated heterocycles. The van der Waals surface area contributed by atoms with E-state index in [1.807, 2.05) is 0 Å². The van der Waals surface area contributed by atoms with Crippen LogP contribution < -0.4 is 25.0 Å². The Morgan fingerprint density at radius 1 is 1.06 bits per heavy atom. The predicted molar refractivity (Wildman–Crippen MR) is 119 cm³/mol. The van der Waals surface area contributed by atoms with Gasteiger partial charge in [-0.3, -0.25) is 14.4 Å². The van der Waals surface area contributed by atoms with Crippen LogP contribution >= 0.6 is 0 Å². The second-order valence-electron chi connectivity index (χ2n) is 7.23. The highest BCUT2D eigenvalue weighted by atomic mass is 16.5. The van der Waals surface area contributed by atoms with Crippen molar-refractivity contribution in [3.63, 3.8) is 0 Å². The Bertz CT molecular complexity index is 993. The molecule has 1 unspecified atom stereocenters. The Morgan fingerprint density at radius 2 is 1.81 bits per heavy atom. The van der Waals surface area contributed by atoms with Gasteiger partial charge in [-0.2, -0.15) is 0 Å². The van der Waals surface area contributed by atoms with Gasteiger partial charge in [0.2, 0.25) is 11.8 Å². The van der Waals surface area contributed by atoms with Crippen molar-refractivity contribution >= 4 is 29.1 Å². The molecule has 3 amide bonds. The lowest BCUT2D eigenvalue weighted by molar-refractivity contribution is -0.122. The van der Waals surface area contributed by atoms with E-state index in [0.29, 0.717) is 41.6 Å². The third-order valence-corrected chi connectivity index (χ3v) is 5.20. The van der Waals surface area contributed by atoms with Crippen LogP contribution in [-0.4, -0.2) is 58.7 Å². The number of ether oxygens (including phenoxy) is 3. The smallest absolute Gasteiger partial charge is 0.253 e. The van der Waals surface area contributed by atoms with E-state index in [9.17, 15) is 14.4 Å². The van der Waals surface area contributed by atoms with Crippen molar-refractivity contribution < 1.29 is 28.6 Å². The third-order valence-electron chi connectivity index (χ3n) is 5.20. The van der Waals surface area contributed by atoms with Gasteiger partial charge in [0.1, 0.15) is 0 Å². The molecule has 1 heterocycles. The molecule has 0 bridgehead atoms. The number of rotatable bonds is 9. The van der Waals surface area contributed by atoms with Crippen molar-refractivity contribution in [1.82, 2.24) is 5.32 Å². The monoisotopic (exact) mass is 441 g/mol. The van der Waals surface area contributed by atoms with Crippen LogP contribution in [-0.2, 0) is 14.3 Å². The first-order chi connectivity index (χ1) is 15.5. The standard InChI is InChI=1S/C23H27N3O6/c1-30-11-10-24-23(29)17-6-4-5-7-18(17)25-22(28)15-12-21(27)26(14-15)16-8-9-19(31-2)20(13-16)32-3/h4-9,13,15H,10-12,14H2,1-3H3,(H,24,29)(H,25,28). The lowest BCUT2D eigenvalue weighted by Crippen LogP contribution is -2.30. The average molecular weight is 441 g/mol. The summed E-state index contributed by atoms with van der Waals surface area (Å²) in [5.74, 6) is -0.300. The number of carbonyl (C=O) groups excluding carboxylic acids is 3. The van der Waals surface area contributed by atoms with Crippen LogP contribution in [0, 0.1) is 5.92 Å². The van der Waals surface area contributed by atoms with E-state index in [2.05, 4.69) is 10.6 Å². The van der Waals surface area contributed by atoms with Crippen LogP contribution in [0.2, 0.25) is 0 Å². The lowest BCUT2D eigenvalue weighted by Gasteiger charge is -2.19. The summed E-state index contributed by atoms with van der Waals surface area (Å²) in [7, 11) is 4.61. The molecule has 32 heavy (non-hydrogen) atoms. The highest BCUT2D eigenvalue weighted by Gasteiger charge is 2.35. The first kappa shape index (κ1) is 23.1. The molecule has 9 nitrogen and oxygen atoms in total. The fraction of sp³-hybridized carbons (Fsp3) is 0.348. The maximum absolute atomic E-state index is 12.9. The second-order valence-corrected chi connectivity index (χ2v) is 7.23. The molecule has 2 aromatic rings. The first-order valence-corrected chi connectivity index (χ1v) is 10.2. The highest BCUT2D eigenvalue weighted by molar-refractivity contribution is 6.07.